The molecule has 2 aromatic carbocycles. The molecule has 1 unspecified atom stereocenters. The lowest BCUT2D eigenvalue weighted by Gasteiger charge is -2.13. The van der Waals surface area contributed by atoms with Crippen LogP contribution in [0.5, 0.6) is 0 Å². The number of para-hydroxylation sites is 1. The molecule has 1 atom stereocenters. The number of hydrogen-bond acceptors (Lipinski definition) is 2. The van der Waals surface area contributed by atoms with E-state index >= 15 is 0 Å². The predicted molar refractivity (Wildman–Crippen MR) is 74.3 cm³/mol. The zero-order chi connectivity index (χ0) is 13.0. The lowest BCUT2D eigenvalue weighted by molar-refractivity contribution is -0.117. The van der Waals surface area contributed by atoms with Crippen LogP contribution >= 0.6 is 0 Å². The molecule has 18 heavy (non-hydrogen) atoms. The Morgan fingerprint density at radius 2 is 1.83 bits per heavy atom. The van der Waals surface area contributed by atoms with E-state index in [0.717, 1.165) is 11.3 Å². The number of anilines is 2. The Hall–Kier alpha value is -2.29. The molecule has 0 aliphatic carbocycles. The Morgan fingerprint density at radius 3 is 2.50 bits per heavy atom. The van der Waals surface area contributed by atoms with Gasteiger partial charge in [0.2, 0.25) is 5.91 Å². The van der Waals surface area contributed by atoms with Crippen LogP contribution in [-0.4, -0.2) is 5.91 Å². The van der Waals surface area contributed by atoms with Gasteiger partial charge in [0, 0.05) is 11.4 Å². The van der Waals surface area contributed by atoms with Crippen LogP contribution in [0.3, 0.4) is 0 Å². The molecule has 92 valence electrons. The Labute approximate surface area is 107 Å². The van der Waals surface area contributed by atoms with E-state index in [-0.39, 0.29) is 11.8 Å². The topological polar surface area (TPSA) is 55.1 Å². The molecule has 0 aliphatic heterocycles. The third kappa shape index (κ3) is 2.88. The standard InChI is InChI=1S/C15H16N2O/c1-11(12-6-5-7-13(16)10-12)15(18)17-14-8-3-2-4-9-14/h2-11H,16H2,1H3,(H,17,18). The van der Waals surface area contributed by atoms with Crippen LogP contribution in [-0.2, 0) is 4.79 Å². The van der Waals surface area contributed by atoms with E-state index < -0.39 is 0 Å². The number of carbonyl (C=O) groups is 1. The molecule has 0 spiro atoms. The van der Waals surface area contributed by atoms with Crippen LogP contribution in [0.2, 0.25) is 0 Å². The van der Waals surface area contributed by atoms with Crippen molar-refractivity contribution in [1.29, 1.82) is 0 Å². The molecule has 2 rings (SSSR count). The van der Waals surface area contributed by atoms with E-state index in [2.05, 4.69) is 5.32 Å². The van der Waals surface area contributed by atoms with Gasteiger partial charge in [0.25, 0.3) is 0 Å². The third-order valence-electron chi connectivity index (χ3n) is 2.85. The van der Waals surface area contributed by atoms with Crippen molar-refractivity contribution in [3.63, 3.8) is 0 Å². The van der Waals surface area contributed by atoms with Gasteiger partial charge in [-0.1, -0.05) is 30.3 Å². The quantitative estimate of drug-likeness (QED) is 0.810. The largest absolute Gasteiger partial charge is 0.399 e. The minimum Gasteiger partial charge on any atom is -0.399 e. The van der Waals surface area contributed by atoms with Gasteiger partial charge in [-0.25, -0.2) is 0 Å². The van der Waals surface area contributed by atoms with E-state index in [4.69, 9.17) is 5.73 Å². The number of nitrogens with one attached hydrogen (secondary N) is 1. The molecule has 0 radical (unpaired) electrons. The van der Waals surface area contributed by atoms with Gasteiger partial charge >= 0.3 is 0 Å². The molecule has 0 aliphatic rings. The molecule has 2 aromatic rings. The van der Waals surface area contributed by atoms with Crippen LogP contribution in [0.4, 0.5) is 11.4 Å². The third-order valence-corrected chi connectivity index (χ3v) is 2.85. The highest BCUT2D eigenvalue weighted by molar-refractivity contribution is 5.95. The van der Waals surface area contributed by atoms with Crippen molar-refractivity contribution in [1.82, 2.24) is 0 Å². The lowest BCUT2D eigenvalue weighted by atomic mass is 10.00. The minimum atomic E-state index is -0.228. The molecule has 0 bridgehead atoms. The molecule has 1 amide bonds. The molecule has 3 N–H and O–H groups in total. The Kier molecular flexibility index (Phi) is 3.63. The Balaban J connectivity index is 2.10. The summed E-state index contributed by atoms with van der Waals surface area (Å²) in [5.41, 5.74) is 8.11. The van der Waals surface area contributed by atoms with Crippen molar-refractivity contribution in [3.8, 4) is 0 Å². The van der Waals surface area contributed by atoms with Gasteiger partial charge in [-0.15, -0.1) is 0 Å². The maximum absolute atomic E-state index is 12.1. The van der Waals surface area contributed by atoms with E-state index in [0.29, 0.717) is 5.69 Å². The second-order valence-electron chi connectivity index (χ2n) is 4.25. The van der Waals surface area contributed by atoms with Gasteiger partial charge in [-0.05, 0) is 36.8 Å². The summed E-state index contributed by atoms with van der Waals surface area (Å²) in [5.74, 6) is -0.263. The first-order valence-electron chi connectivity index (χ1n) is 5.88. The summed E-state index contributed by atoms with van der Waals surface area (Å²) in [6, 6.07) is 16.8. The van der Waals surface area contributed by atoms with Gasteiger partial charge in [-0.3, -0.25) is 4.79 Å². The first-order valence-corrected chi connectivity index (χ1v) is 5.88. The van der Waals surface area contributed by atoms with E-state index in [1.165, 1.54) is 0 Å². The fraction of sp³-hybridized carbons (Fsp3) is 0.133. The van der Waals surface area contributed by atoms with Crippen molar-refractivity contribution in [2.24, 2.45) is 0 Å². The molecule has 3 nitrogen and oxygen atoms in total. The Bertz CT molecular complexity index is 537. The van der Waals surface area contributed by atoms with Gasteiger partial charge < -0.3 is 11.1 Å². The molecule has 0 aromatic heterocycles. The SMILES string of the molecule is CC(C(=O)Nc1ccccc1)c1cccc(N)c1. The highest BCUT2D eigenvalue weighted by atomic mass is 16.1. The normalized spacial score (nSPS) is 11.8. The zero-order valence-corrected chi connectivity index (χ0v) is 10.3. The van der Waals surface area contributed by atoms with Crippen molar-refractivity contribution in [2.75, 3.05) is 11.1 Å². The van der Waals surface area contributed by atoms with Crippen LogP contribution in [0.25, 0.3) is 0 Å². The highest BCUT2D eigenvalue weighted by Crippen LogP contribution is 2.19. The summed E-state index contributed by atoms with van der Waals surface area (Å²) in [7, 11) is 0. The van der Waals surface area contributed by atoms with Gasteiger partial charge in [0.1, 0.15) is 0 Å². The minimum absolute atomic E-state index is 0.0354. The number of hydrogen-bond donors (Lipinski definition) is 2. The summed E-state index contributed by atoms with van der Waals surface area (Å²) in [5, 5.41) is 2.88. The van der Waals surface area contributed by atoms with E-state index in [9.17, 15) is 4.79 Å². The average molecular weight is 240 g/mol. The fourth-order valence-corrected chi connectivity index (χ4v) is 1.75. The van der Waals surface area contributed by atoms with Gasteiger partial charge in [-0.2, -0.15) is 0 Å². The van der Waals surface area contributed by atoms with E-state index in [1.54, 1.807) is 0 Å². The van der Waals surface area contributed by atoms with Crippen LogP contribution in [0, 0.1) is 0 Å². The van der Waals surface area contributed by atoms with Crippen molar-refractivity contribution in [3.05, 3.63) is 60.2 Å². The first-order chi connectivity index (χ1) is 8.66. The monoisotopic (exact) mass is 240 g/mol. The zero-order valence-electron chi connectivity index (χ0n) is 10.3. The number of nitrogens with two attached hydrogens (primary N) is 1. The fourth-order valence-electron chi connectivity index (χ4n) is 1.75. The second-order valence-corrected chi connectivity index (χ2v) is 4.25. The average Bonchev–Trinajstić information content (AvgIpc) is 2.39. The molecule has 0 fully saturated rings. The molecule has 0 saturated carbocycles. The number of rotatable bonds is 3. The lowest BCUT2D eigenvalue weighted by Crippen LogP contribution is -2.18. The second kappa shape index (κ2) is 5.36. The molecule has 3 heteroatoms. The van der Waals surface area contributed by atoms with Gasteiger partial charge in [0.15, 0.2) is 0 Å². The van der Waals surface area contributed by atoms with Crippen molar-refractivity contribution >= 4 is 17.3 Å². The number of amides is 1. The number of benzene rings is 2. The van der Waals surface area contributed by atoms with Crippen LogP contribution in [0.1, 0.15) is 18.4 Å². The number of carbonyl (C=O) groups excluding carboxylic acids is 1. The van der Waals surface area contributed by atoms with Crippen LogP contribution < -0.4 is 11.1 Å². The maximum Gasteiger partial charge on any atom is 0.231 e. The summed E-state index contributed by atoms with van der Waals surface area (Å²) >= 11 is 0. The summed E-state index contributed by atoms with van der Waals surface area (Å²) < 4.78 is 0. The van der Waals surface area contributed by atoms with Crippen molar-refractivity contribution < 1.29 is 4.79 Å². The molecule has 0 saturated heterocycles. The number of nitrogen functional groups attached to an aromatic ring is 1. The van der Waals surface area contributed by atoms with E-state index in [1.807, 2.05) is 61.5 Å². The van der Waals surface area contributed by atoms with Crippen molar-refractivity contribution in [2.45, 2.75) is 12.8 Å². The van der Waals surface area contributed by atoms with Gasteiger partial charge in [0.05, 0.1) is 5.92 Å². The molecular weight excluding hydrogens is 224 g/mol. The summed E-state index contributed by atoms with van der Waals surface area (Å²) in [6.45, 7) is 1.87. The molecular formula is C15H16N2O. The Morgan fingerprint density at radius 1 is 1.11 bits per heavy atom. The maximum atomic E-state index is 12.1. The first kappa shape index (κ1) is 12.2. The predicted octanol–water partition coefficient (Wildman–Crippen LogP) is 3.01. The highest BCUT2D eigenvalue weighted by Gasteiger charge is 2.15. The van der Waals surface area contributed by atoms with Crippen LogP contribution in [0.15, 0.2) is 54.6 Å². The smallest absolute Gasteiger partial charge is 0.231 e. The summed E-state index contributed by atoms with van der Waals surface area (Å²) in [4.78, 5) is 12.1. The summed E-state index contributed by atoms with van der Waals surface area (Å²) in [6.07, 6.45) is 0. The molecule has 0 heterocycles.